The lowest BCUT2D eigenvalue weighted by Crippen LogP contribution is -2.43. The minimum absolute atomic E-state index is 0.0526. The van der Waals surface area contributed by atoms with Crippen molar-refractivity contribution in [1.29, 1.82) is 0 Å². The molecule has 0 amide bonds. The summed E-state index contributed by atoms with van der Waals surface area (Å²) in [5.41, 5.74) is 2.63. The number of nitrogens with one attached hydrogen (secondary N) is 1. The standard InChI is InChI=1S/C23H22BrNO3S2/c24-19-4-1-3-17(12-19)22(26)18(14-29)13-25-20(23(27)28)11-15-6-8-16(9-7-15)21-5-2-10-30-21/h1-10,12,18,20,25,29H,11,13-14H2,(H,27,28)/t18?,20-/m0/s1. The number of carboxylic acid groups (broad SMARTS) is 1. The van der Waals surface area contributed by atoms with Crippen LogP contribution in [0, 0.1) is 5.92 Å². The van der Waals surface area contributed by atoms with Gasteiger partial charge in [0, 0.05) is 33.1 Å². The topological polar surface area (TPSA) is 66.4 Å². The lowest BCUT2D eigenvalue weighted by molar-refractivity contribution is -0.139. The third kappa shape index (κ3) is 6.04. The maximum absolute atomic E-state index is 12.8. The van der Waals surface area contributed by atoms with E-state index in [9.17, 15) is 14.7 Å². The Bertz CT molecular complexity index is 990. The quantitative estimate of drug-likeness (QED) is 0.263. The molecule has 0 aliphatic carbocycles. The van der Waals surface area contributed by atoms with Gasteiger partial charge in [-0.05, 0) is 41.1 Å². The van der Waals surface area contributed by atoms with Gasteiger partial charge in [-0.3, -0.25) is 9.59 Å². The van der Waals surface area contributed by atoms with E-state index < -0.39 is 17.9 Å². The molecule has 7 heteroatoms. The zero-order valence-electron chi connectivity index (χ0n) is 16.1. The summed E-state index contributed by atoms with van der Waals surface area (Å²) < 4.78 is 0.827. The highest BCUT2D eigenvalue weighted by molar-refractivity contribution is 9.10. The third-order valence-electron chi connectivity index (χ3n) is 4.81. The van der Waals surface area contributed by atoms with Crippen molar-refractivity contribution < 1.29 is 14.7 Å². The summed E-state index contributed by atoms with van der Waals surface area (Å²) in [6.07, 6.45) is 0.338. The number of hydrogen-bond donors (Lipinski definition) is 3. The fraction of sp³-hybridized carbons (Fsp3) is 0.217. The summed E-state index contributed by atoms with van der Waals surface area (Å²) in [4.78, 5) is 25.7. The average molecular weight is 504 g/mol. The number of carbonyl (C=O) groups is 2. The molecule has 30 heavy (non-hydrogen) atoms. The number of rotatable bonds is 10. The van der Waals surface area contributed by atoms with Crippen molar-refractivity contribution in [2.45, 2.75) is 12.5 Å². The molecule has 0 saturated heterocycles. The van der Waals surface area contributed by atoms with Crippen LogP contribution in [-0.2, 0) is 11.2 Å². The number of benzene rings is 2. The van der Waals surface area contributed by atoms with E-state index in [4.69, 9.17) is 0 Å². The Morgan fingerprint density at radius 3 is 2.47 bits per heavy atom. The summed E-state index contributed by atoms with van der Waals surface area (Å²) in [6, 6.07) is 18.4. The smallest absolute Gasteiger partial charge is 0.321 e. The van der Waals surface area contributed by atoms with Crippen molar-refractivity contribution >= 4 is 51.6 Å². The first-order valence-corrected chi connectivity index (χ1v) is 11.8. The maximum Gasteiger partial charge on any atom is 0.321 e. The van der Waals surface area contributed by atoms with Crippen molar-refractivity contribution in [3.63, 3.8) is 0 Å². The van der Waals surface area contributed by atoms with Crippen molar-refractivity contribution in [2.24, 2.45) is 5.92 Å². The zero-order chi connectivity index (χ0) is 21.5. The van der Waals surface area contributed by atoms with Gasteiger partial charge in [-0.2, -0.15) is 12.6 Å². The average Bonchev–Trinajstić information content (AvgIpc) is 3.28. The Labute approximate surface area is 193 Å². The molecule has 1 aromatic heterocycles. The molecule has 2 N–H and O–H groups in total. The minimum Gasteiger partial charge on any atom is -0.480 e. The Balaban J connectivity index is 1.63. The molecule has 2 atom stereocenters. The Morgan fingerprint density at radius 2 is 1.87 bits per heavy atom. The maximum atomic E-state index is 12.8. The van der Waals surface area contributed by atoms with Crippen LogP contribution in [0.15, 0.2) is 70.5 Å². The molecule has 3 rings (SSSR count). The van der Waals surface area contributed by atoms with E-state index in [1.165, 1.54) is 4.88 Å². The first-order chi connectivity index (χ1) is 14.5. The summed E-state index contributed by atoms with van der Waals surface area (Å²) in [7, 11) is 0. The van der Waals surface area contributed by atoms with E-state index in [0.717, 1.165) is 15.6 Å². The van der Waals surface area contributed by atoms with Gasteiger partial charge in [-0.25, -0.2) is 0 Å². The number of carboxylic acids is 1. The highest BCUT2D eigenvalue weighted by Crippen LogP contribution is 2.25. The molecule has 2 aromatic carbocycles. The number of hydrogen-bond acceptors (Lipinski definition) is 5. The molecule has 0 spiro atoms. The number of Topliss-reactive ketones (excluding diaryl/α,β-unsaturated/α-hetero) is 1. The molecular formula is C23H22BrNO3S2. The highest BCUT2D eigenvalue weighted by atomic mass is 79.9. The van der Waals surface area contributed by atoms with E-state index in [2.05, 4.69) is 39.9 Å². The predicted molar refractivity (Wildman–Crippen MR) is 129 cm³/mol. The normalized spacial score (nSPS) is 13.0. The second kappa shape index (κ2) is 10.9. The van der Waals surface area contributed by atoms with Gasteiger partial charge in [0.25, 0.3) is 0 Å². The first-order valence-electron chi connectivity index (χ1n) is 9.47. The zero-order valence-corrected chi connectivity index (χ0v) is 19.4. The molecular weight excluding hydrogens is 482 g/mol. The van der Waals surface area contributed by atoms with Crippen LogP contribution < -0.4 is 5.32 Å². The van der Waals surface area contributed by atoms with Gasteiger partial charge in [0.15, 0.2) is 5.78 Å². The first kappa shape index (κ1) is 22.7. The van der Waals surface area contributed by atoms with Gasteiger partial charge < -0.3 is 10.4 Å². The second-order valence-electron chi connectivity index (χ2n) is 6.93. The Hall–Kier alpha value is -1.93. The Kier molecular flexibility index (Phi) is 8.27. The van der Waals surface area contributed by atoms with Gasteiger partial charge in [-0.1, -0.05) is 58.4 Å². The second-order valence-corrected chi connectivity index (χ2v) is 9.16. The van der Waals surface area contributed by atoms with Crippen LogP contribution in [0.4, 0.5) is 0 Å². The summed E-state index contributed by atoms with van der Waals surface area (Å²) in [5.74, 6) is -1.07. The van der Waals surface area contributed by atoms with E-state index in [1.54, 1.807) is 29.5 Å². The van der Waals surface area contributed by atoms with Crippen LogP contribution in [0.2, 0.25) is 0 Å². The summed E-state index contributed by atoms with van der Waals surface area (Å²) >= 11 is 9.35. The fourth-order valence-corrected chi connectivity index (χ4v) is 4.56. The third-order valence-corrected chi connectivity index (χ3v) is 6.66. The number of thiophene rings is 1. The lowest BCUT2D eigenvalue weighted by Gasteiger charge is -2.19. The van der Waals surface area contributed by atoms with E-state index >= 15 is 0 Å². The van der Waals surface area contributed by atoms with Crippen molar-refractivity contribution in [3.05, 3.63) is 81.6 Å². The molecule has 0 fully saturated rings. The molecule has 0 aliphatic rings. The highest BCUT2D eigenvalue weighted by Gasteiger charge is 2.23. The number of ketones is 1. The SMILES string of the molecule is O=C(c1cccc(Br)c1)C(CS)CN[C@@H](Cc1ccc(-c2cccs2)cc1)C(=O)O. The van der Waals surface area contributed by atoms with Gasteiger partial charge in [0.05, 0.1) is 0 Å². The van der Waals surface area contributed by atoms with Crippen molar-refractivity contribution in [3.8, 4) is 10.4 Å². The van der Waals surface area contributed by atoms with Crippen LogP contribution in [-0.4, -0.2) is 35.2 Å². The van der Waals surface area contributed by atoms with Crippen LogP contribution in [0.25, 0.3) is 10.4 Å². The monoisotopic (exact) mass is 503 g/mol. The van der Waals surface area contributed by atoms with Gasteiger partial charge in [0.1, 0.15) is 6.04 Å². The molecule has 3 aromatic rings. The van der Waals surface area contributed by atoms with Crippen LogP contribution in [0.3, 0.4) is 0 Å². The molecule has 156 valence electrons. The summed E-state index contributed by atoms with van der Waals surface area (Å²) in [6.45, 7) is 0.249. The number of aliphatic carboxylic acids is 1. The minimum atomic E-state index is -0.940. The van der Waals surface area contributed by atoms with E-state index in [1.807, 2.05) is 41.8 Å². The van der Waals surface area contributed by atoms with Gasteiger partial charge in [-0.15, -0.1) is 11.3 Å². The number of halogens is 1. The van der Waals surface area contributed by atoms with Crippen LogP contribution >= 0.6 is 39.9 Å². The molecule has 0 saturated carbocycles. The van der Waals surface area contributed by atoms with E-state index in [-0.39, 0.29) is 12.3 Å². The van der Waals surface area contributed by atoms with E-state index in [0.29, 0.717) is 17.7 Å². The number of thiol groups is 1. The molecule has 1 unspecified atom stereocenters. The fourth-order valence-electron chi connectivity index (χ4n) is 3.13. The van der Waals surface area contributed by atoms with Gasteiger partial charge in [0.2, 0.25) is 0 Å². The molecule has 0 bridgehead atoms. The molecule has 4 nitrogen and oxygen atoms in total. The Morgan fingerprint density at radius 1 is 1.10 bits per heavy atom. The predicted octanol–water partition coefficient (Wildman–Crippen LogP) is 5.19. The largest absolute Gasteiger partial charge is 0.480 e. The van der Waals surface area contributed by atoms with Crippen LogP contribution in [0.1, 0.15) is 15.9 Å². The van der Waals surface area contributed by atoms with Gasteiger partial charge >= 0.3 is 5.97 Å². The van der Waals surface area contributed by atoms with Crippen molar-refractivity contribution in [2.75, 3.05) is 12.3 Å². The summed E-state index contributed by atoms with van der Waals surface area (Å²) in [5, 5.41) is 14.7. The molecule has 0 aliphatic heterocycles. The van der Waals surface area contributed by atoms with Crippen LogP contribution in [0.5, 0.6) is 0 Å². The number of carbonyl (C=O) groups excluding carboxylic acids is 1. The molecule has 0 radical (unpaired) electrons. The lowest BCUT2D eigenvalue weighted by atomic mass is 9.98. The van der Waals surface area contributed by atoms with Crippen molar-refractivity contribution in [1.82, 2.24) is 5.32 Å². The molecule has 1 heterocycles.